The van der Waals surface area contributed by atoms with E-state index < -0.39 is 27.5 Å². The Bertz CT molecular complexity index is 1350. The number of benzene rings is 2. The minimum absolute atomic E-state index is 0.0279. The van der Waals surface area contributed by atoms with E-state index in [2.05, 4.69) is 9.97 Å². The average molecular weight is 505 g/mol. The van der Waals surface area contributed by atoms with Crippen LogP contribution in [-0.2, 0) is 23.0 Å². The van der Waals surface area contributed by atoms with Crippen LogP contribution in [0.15, 0.2) is 47.4 Å². The second-order valence-electron chi connectivity index (χ2n) is 8.52. The maximum Gasteiger partial charge on any atom is 0.243 e. The van der Waals surface area contributed by atoms with Crippen molar-refractivity contribution in [3.63, 3.8) is 0 Å². The molecule has 2 aromatic carbocycles. The third-order valence-electron chi connectivity index (χ3n) is 6.17. The molecule has 1 aromatic heterocycles. The number of ether oxygens (including phenoxy) is 1. The van der Waals surface area contributed by atoms with Crippen molar-refractivity contribution in [3.8, 4) is 11.6 Å². The van der Waals surface area contributed by atoms with Gasteiger partial charge in [-0.3, -0.25) is 0 Å². The van der Waals surface area contributed by atoms with Crippen molar-refractivity contribution in [1.82, 2.24) is 14.3 Å². The van der Waals surface area contributed by atoms with E-state index in [1.54, 1.807) is 0 Å². The fourth-order valence-corrected chi connectivity index (χ4v) is 5.70. The number of piperidine rings is 1. The molecule has 1 fully saturated rings. The topological polar surface area (TPSA) is 75.6 Å². The van der Waals surface area contributed by atoms with E-state index in [4.69, 9.17) is 4.74 Å². The van der Waals surface area contributed by atoms with Gasteiger partial charge in [0.1, 0.15) is 11.6 Å². The van der Waals surface area contributed by atoms with Crippen LogP contribution in [-0.4, -0.2) is 42.3 Å². The molecule has 0 spiro atoms. The average Bonchev–Trinajstić information content (AvgIpc) is 2.86. The van der Waals surface area contributed by atoms with Gasteiger partial charge < -0.3 is 9.64 Å². The van der Waals surface area contributed by atoms with Crippen LogP contribution in [0.1, 0.15) is 30.5 Å². The van der Waals surface area contributed by atoms with E-state index in [-0.39, 0.29) is 29.6 Å². The largest absolute Gasteiger partial charge is 0.435 e. The Kier molecular flexibility index (Phi) is 6.37. The molecule has 0 bridgehead atoms. The Labute approximate surface area is 201 Å². The summed E-state index contributed by atoms with van der Waals surface area (Å²) in [5, 5.41) is 0. The number of anilines is 1. The lowest BCUT2D eigenvalue weighted by atomic mass is 10.1. The van der Waals surface area contributed by atoms with Crippen molar-refractivity contribution in [2.75, 3.05) is 24.5 Å². The normalized spacial score (nSPS) is 16.7. The van der Waals surface area contributed by atoms with Gasteiger partial charge in [-0.25, -0.2) is 26.6 Å². The van der Waals surface area contributed by atoms with E-state index in [0.29, 0.717) is 29.7 Å². The van der Waals surface area contributed by atoms with Crippen molar-refractivity contribution in [2.24, 2.45) is 0 Å². The molecule has 3 aromatic rings. The van der Waals surface area contributed by atoms with Gasteiger partial charge in [0.05, 0.1) is 16.2 Å². The number of nitrogens with zero attached hydrogens (tertiary/aromatic N) is 4. The molecule has 2 aliphatic heterocycles. The summed E-state index contributed by atoms with van der Waals surface area (Å²) >= 11 is 0. The standard InChI is InChI=1S/C24H23F3N4O3S/c25-16-4-7-18(8-5-16)35(32,33)31-13-10-21-19(15-31)23(34-22-9-6-17(26)14-20(22)27)29-24(28-21)30-11-2-1-3-12-30/h4-9,14H,1-3,10-13,15H2. The Morgan fingerprint density at radius 3 is 2.29 bits per heavy atom. The first-order valence-electron chi connectivity index (χ1n) is 11.3. The number of hydrogen-bond acceptors (Lipinski definition) is 6. The van der Waals surface area contributed by atoms with Crippen LogP contribution in [0.4, 0.5) is 19.1 Å². The number of halogens is 3. The first kappa shape index (κ1) is 23.6. The quantitative estimate of drug-likeness (QED) is 0.512. The molecule has 184 valence electrons. The van der Waals surface area contributed by atoms with Crippen LogP contribution < -0.4 is 9.64 Å². The number of hydrogen-bond donors (Lipinski definition) is 0. The summed E-state index contributed by atoms with van der Waals surface area (Å²) in [6.45, 7) is 1.60. The van der Waals surface area contributed by atoms with Crippen LogP contribution >= 0.6 is 0 Å². The highest BCUT2D eigenvalue weighted by atomic mass is 32.2. The summed E-state index contributed by atoms with van der Waals surface area (Å²) in [5.74, 6) is -1.94. The Morgan fingerprint density at radius 1 is 0.857 bits per heavy atom. The Morgan fingerprint density at radius 2 is 1.57 bits per heavy atom. The molecular weight excluding hydrogens is 481 g/mol. The molecule has 0 atom stereocenters. The van der Waals surface area contributed by atoms with Crippen LogP contribution in [0.5, 0.6) is 11.6 Å². The molecule has 11 heteroatoms. The molecule has 0 amide bonds. The SMILES string of the molecule is O=S(=O)(c1ccc(F)cc1)N1CCc2nc(N3CCCCC3)nc(Oc3ccc(F)cc3F)c2C1. The molecule has 35 heavy (non-hydrogen) atoms. The number of aromatic nitrogens is 2. The van der Waals surface area contributed by atoms with Gasteiger partial charge in [0.2, 0.25) is 21.9 Å². The van der Waals surface area contributed by atoms with Crippen molar-refractivity contribution < 1.29 is 26.3 Å². The second kappa shape index (κ2) is 9.46. The van der Waals surface area contributed by atoms with Crippen molar-refractivity contribution in [1.29, 1.82) is 0 Å². The van der Waals surface area contributed by atoms with Crippen LogP contribution in [0.25, 0.3) is 0 Å². The lowest BCUT2D eigenvalue weighted by molar-refractivity contribution is 0.363. The van der Waals surface area contributed by atoms with E-state index >= 15 is 0 Å². The summed E-state index contributed by atoms with van der Waals surface area (Å²) < 4.78 is 74.5. The van der Waals surface area contributed by atoms with E-state index in [9.17, 15) is 21.6 Å². The number of fused-ring (bicyclic) bond motifs is 1. The van der Waals surface area contributed by atoms with Gasteiger partial charge in [0.15, 0.2) is 11.6 Å². The summed E-state index contributed by atoms with van der Waals surface area (Å²) in [6.07, 6.45) is 3.39. The van der Waals surface area contributed by atoms with E-state index in [1.807, 2.05) is 4.90 Å². The van der Waals surface area contributed by atoms with E-state index in [0.717, 1.165) is 56.6 Å². The molecule has 0 unspecified atom stereocenters. The lowest BCUT2D eigenvalue weighted by Gasteiger charge is -2.31. The Balaban J connectivity index is 1.53. The molecule has 3 heterocycles. The predicted octanol–water partition coefficient (Wildman–Crippen LogP) is 4.42. The zero-order chi connectivity index (χ0) is 24.6. The van der Waals surface area contributed by atoms with Gasteiger partial charge >= 0.3 is 0 Å². The highest BCUT2D eigenvalue weighted by Gasteiger charge is 2.33. The Hall–Kier alpha value is -3.18. The molecule has 1 saturated heterocycles. The molecular formula is C24H23F3N4O3S. The smallest absolute Gasteiger partial charge is 0.243 e. The molecule has 7 nitrogen and oxygen atoms in total. The van der Waals surface area contributed by atoms with Gasteiger partial charge in [-0.1, -0.05) is 0 Å². The highest BCUT2D eigenvalue weighted by Crippen LogP contribution is 2.34. The van der Waals surface area contributed by atoms with Crippen LogP contribution in [0.2, 0.25) is 0 Å². The van der Waals surface area contributed by atoms with Gasteiger partial charge in [-0.05, 0) is 55.7 Å². The maximum absolute atomic E-state index is 14.4. The minimum Gasteiger partial charge on any atom is -0.435 e. The zero-order valence-electron chi connectivity index (χ0n) is 18.8. The summed E-state index contributed by atoms with van der Waals surface area (Å²) in [5.41, 5.74) is 1.02. The number of rotatable bonds is 5. The molecule has 0 aliphatic carbocycles. The monoisotopic (exact) mass is 504 g/mol. The zero-order valence-corrected chi connectivity index (χ0v) is 19.6. The fourth-order valence-electron chi connectivity index (χ4n) is 4.29. The summed E-state index contributed by atoms with van der Waals surface area (Å²) in [7, 11) is -3.93. The number of sulfonamides is 1. The summed E-state index contributed by atoms with van der Waals surface area (Å²) in [4.78, 5) is 11.2. The molecule has 2 aliphatic rings. The molecule has 0 N–H and O–H groups in total. The van der Waals surface area contributed by atoms with Crippen LogP contribution in [0, 0.1) is 17.5 Å². The summed E-state index contributed by atoms with van der Waals surface area (Å²) in [6, 6.07) is 7.54. The third-order valence-corrected chi connectivity index (χ3v) is 8.03. The van der Waals surface area contributed by atoms with Crippen LogP contribution in [0.3, 0.4) is 0 Å². The highest BCUT2D eigenvalue weighted by molar-refractivity contribution is 7.89. The first-order chi connectivity index (χ1) is 16.8. The van der Waals surface area contributed by atoms with Crippen molar-refractivity contribution in [2.45, 2.75) is 37.1 Å². The first-order valence-corrected chi connectivity index (χ1v) is 12.8. The fraction of sp³-hybridized carbons (Fsp3) is 0.333. The lowest BCUT2D eigenvalue weighted by Crippen LogP contribution is -2.37. The third kappa shape index (κ3) is 4.83. The van der Waals surface area contributed by atoms with Crippen molar-refractivity contribution in [3.05, 3.63) is 71.2 Å². The van der Waals surface area contributed by atoms with Gasteiger partial charge in [0.25, 0.3) is 0 Å². The van der Waals surface area contributed by atoms with E-state index in [1.165, 1.54) is 16.4 Å². The maximum atomic E-state index is 14.4. The molecule has 0 radical (unpaired) electrons. The van der Waals surface area contributed by atoms with Gasteiger partial charge in [-0.15, -0.1) is 0 Å². The van der Waals surface area contributed by atoms with Gasteiger partial charge in [-0.2, -0.15) is 9.29 Å². The second-order valence-corrected chi connectivity index (χ2v) is 10.5. The van der Waals surface area contributed by atoms with Gasteiger partial charge in [0, 0.05) is 38.7 Å². The molecule has 5 rings (SSSR count). The molecule has 0 saturated carbocycles. The predicted molar refractivity (Wildman–Crippen MR) is 122 cm³/mol. The minimum atomic E-state index is -3.93. The van der Waals surface area contributed by atoms with Crippen molar-refractivity contribution >= 4 is 16.0 Å².